The summed E-state index contributed by atoms with van der Waals surface area (Å²) in [7, 11) is 3.39. The van der Waals surface area contributed by atoms with Crippen LogP contribution in [0.4, 0.5) is 0 Å². The van der Waals surface area contributed by atoms with Gasteiger partial charge in [-0.3, -0.25) is 0 Å². The fraction of sp³-hybridized carbons (Fsp3) is 0.429. The van der Waals surface area contributed by atoms with Crippen LogP contribution in [0.3, 0.4) is 0 Å². The molecule has 0 unspecified atom stereocenters. The van der Waals surface area contributed by atoms with E-state index in [-0.39, 0.29) is 0 Å². The van der Waals surface area contributed by atoms with E-state index in [0.29, 0.717) is 6.04 Å². The first kappa shape index (κ1) is 18.3. The number of nitrogens with one attached hydrogen (secondary N) is 1. The molecule has 0 saturated heterocycles. The number of ether oxygens (including phenoxy) is 2. The zero-order valence-corrected chi connectivity index (χ0v) is 15.0. The lowest BCUT2D eigenvalue weighted by molar-refractivity contribution is 0.389. The van der Waals surface area contributed by atoms with Gasteiger partial charge < -0.3 is 14.8 Å². The smallest absolute Gasteiger partial charge is 0.125 e. The molecule has 2 rings (SSSR count). The molecule has 2 aromatic rings. The molecule has 0 aliphatic heterocycles. The van der Waals surface area contributed by atoms with Crippen LogP contribution >= 0.6 is 0 Å². The van der Waals surface area contributed by atoms with E-state index in [1.165, 1.54) is 17.5 Å². The van der Waals surface area contributed by atoms with E-state index in [1.54, 1.807) is 14.2 Å². The van der Waals surface area contributed by atoms with Crippen molar-refractivity contribution in [3.63, 3.8) is 0 Å². The molecule has 0 spiro atoms. The van der Waals surface area contributed by atoms with E-state index in [9.17, 15) is 0 Å². The second-order valence-electron chi connectivity index (χ2n) is 6.16. The molecule has 0 amide bonds. The molecule has 1 atom stereocenters. The Bertz CT molecular complexity index is 598. The van der Waals surface area contributed by atoms with Crippen LogP contribution in [0, 0.1) is 0 Å². The minimum absolute atomic E-state index is 0.493. The van der Waals surface area contributed by atoms with Crippen molar-refractivity contribution in [1.82, 2.24) is 5.32 Å². The van der Waals surface area contributed by atoms with Crippen molar-refractivity contribution < 1.29 is 9.47 Å². The first-order chi connectivity index (χ1) is 11.7. The van der Waals surface area contributed by atoms with E-state index < -0.39 is 0 Å². The topological polar surface area (TPSA) is 30.5 Å². The molecular weight excluding hydrogens is 298 g/mol. The van der Waals surface area contributed by atoms with Gasteiger partial charge in [0.25, 0.3) is 0 Å². The lowest BCUT2D eigenvalue weighted by atomic mass is 10.0. The zero-order valence-electron chi connectivity index (χ0n) is 15.0. The second kappa shape index (κ2) is 9.99. The minimum Gasteiger partial charge on any atom is -0.497 e. The van der Waals surface area contributed by atoms with Crippen molar-refractivity contribution in [2.75, 3.05) is 20.8 Å². The summed E-state index contributed by atoms with van der Waals surface area (Å²) in [6.45, 7) is 3.30. The maximum Gasteiger partial charge on any atom is 0.125 e. The van der Waals surface area contributed by atoms with Gasteiger partial charge in [0, 0.05) is 12.1 Å². The van der Waals surface area contributed by atoms with Gasteiger partial charge in [-0.05, 0) is 56.3 Å². The van der Waals surface area contributed by atoms with Crippen LogP contribution in [0.2, 0.25) is 0 Å². The molecule has 1 N–H and O–H groups in total. The number of benzene rings is 2. The largest absolute Gasteiger partial charge is 0.497 e. The Morgan fingerprint density at radius 2 is 1.75 bits per heavy atom. The molecule has 0 saturated carbocycles. The number of hydrogen-bond acceptors (Lipinski definition) is 3. The maximum atomic E-state index is 5.47. The van der Waals surface area contributed by atoms with E-state index in [2.05, 4.69) is 48.6 Å². The van der Waals surface area contributed by atoms with Crippen molar-refractivity contribution in [1.29, 1.82) is 0 Å². The first-order valence-electron chi connectivity index (χ1n) is 8.71. The molecule has 2 aromatic carbocycles. The Kier molecular flexibility index (Phi) is 7.63. The first-order valence-corrected chi connectivity index (χ1v) is 8.71. The van der Waals surface area contributed by atoms with E-state index >= 15 is 0 Å². The van der Waals surface area contributed by atoms with Crippen molar-refractivity contribution in [2.24, 2.45) is 0 Å². The fourth-order valence-electron chi connectivity index (χ4n) is 2.82. The van der Waals surface area contributed by atoms with Crippen LogP contribution in [-0.4, -0.2) is 26.8 Å². The average molecular weight is 327 g/mol. The van der Waals surface area contributed by atoms with Gasteiger partial charge in [0.15, 0.2) is 0 Å². The van der Waals surface area contributed by atoms with Crippen molar-refractivity contribution in [2.45, 2.75) is 38.6 Å². The Morgan fingerprint density at radius 1 is 0.958 bits per heavy atom. The summed E-state index contributed by atoms with van der Waals surface area (Å²) in [4.78, 5) is 0. The van der Waals surface area contributed by atoms with Crippen LogP contribution in [0.15, 0.2) is 48.5 Å². The molecule has 0 heterocycles. The fourth-order valence-corrected chi connectivity index (χ4v) is 2.82. The molecule has 0 bridgehead atoms. The van der Waals surface area contributed by atoms with Crippen molar-refractivity contribution >= 4 is 0 Å². The molecule has 0 aromatic heterocycles. The predicted molar refractivity (Wildman–Crippen MR) is 100 cm³/mol. The average Bonchev–Trinajstić information content (AvgIpc) is 2.64. The SMILES string of the molecule is COc1ccc(CC[C@H](C)NCCCc2ccccc2)c(OC)c1. The summed E-state index contributed by atoms with van der Waals surface area (Å²) in [5.41, 5.74) is 2.64. The number of methoxy groups -OCH3 is 2. The molecule has 24 heavy (non-hydrogen) atoms. The highest BCUT2D eigenvalue weighted by Gasteiger charge is 2.07. The summed E-state index contributed by atoms with van der Waals surface area (Å²) in [5.74, 6) is 1.74. The highest BCUT2D eigenvalue weighted by atomic mass is 16.5. The molecule has 0 fully saturated rings. The van der Waals surface area contributed by atoms with Crippen molar-refractivity contribution in [3.8, 4) is 11.5 Å². The van der Waals surface area contributed by atoms with Gasteiger partial charge in [-0.15, -0.1) is 0 Å². The molecule has 3 heteroatoms. The number of hydrogen-bond donors (Lipinski definition) is 1. The highest BCUT2D eigenvalue weighted by Crippen LogP contribution is 2.25. The van der Waals surface area contributed by atoms with Crippen LogP contribution in [-0.2, 0) is 12.8 Å². The minimum atomic E-state index is 0.493. The summed E-state index contributed by atoms with van der Waals surface area (Å²) in [6, 6.07) is 17.2. The van der Waals surface area contributed by atoms with Crippen LogP contribution in [0.1, 0.15) is 30.9 Å². The second-order valence-corrected chi connectivity index (χ2v) is 6.16. The normalized spacial score (nSPS) is 12.0. The van der Waals surface area contributed by atoms with Crippen LogP contribution < -0.4 is 14.8 Å². The number of aryl methyl sites for hydroxylation is 2. The Hall–Kier alpha value is -2.00. The summed E-state index contributed by atoms with van der Waals surface area (Å²) < 4.78 is 10.7. The quantitative estimate of drug-likeness (QED) is 0.662. The lowest BCUT2D eigenvalue weighted by Crippen LogP contribution is -2.27. The van der Waals surface area contributed by atoms with Crippen LogP contribution in [0.25, 0.3) is 0 Å². The van der Waals surface area contributed by atoms with Gasteiger partial charge in [0.1, 0.15) is 11.5 Å². The highest BCUT2D eigenvalue weighted by molar-refractivity contribution is 5.40. The van der Waals surface area contributed by atoms with E-state index in [0.717, 1.165) is 37.3 Å². The van der Waals surface area contributed by atoms with E-state index in [4.69, 9.17) is 9.47 Å². The molecule has 0 radical (unpaired) electrons. The molecule has 0 aliphatic carbocycles. The molecular formula is C21H29NO2. The monoisotopic (exact) mass is 327 g/mol. The third-order valence-electron chi connectivity index (χ3n) is 4.32. The van der Waals surface area contributed by atoms with Gasteiger partial charge in [-0.1, -0.05) is 36.4 Å². The molecule has 3 nitrogen and oxygen atoms in total. The van der Waals surface area contributed by atoms with Gasteiger partial charge in [-0.25, -0.2) is 0 Å². The summed E-state index contributed by atoms with van der Waals surface area (Å²) >= 11 is 0. The Morgan fingerprint density at radius 3 is 2.46 bits per heavy atom. The van der Waals surface area contributed by atoms with Gasteiger partial charge in [0.2, 0.25) is 0 Å². The maximum absolute atomic E-state index is 5.47. The molecule has 0 aliphatic rings. The third kappa shape index (κ3) is 5.89. The van der Waals surface area contributed by atoms with Crippen LogP contribution in [0.5, 0.6) is 11.5 Å². The Labute approximate surface area is 146 Å². The summed E-state index contributed by atoms with van der Waals surface area (Å²) in [5, 5.41) is 3.62. The van der Waals surface area contributed by atoms with E-state index in [1.807, 2.05) is 12.1 Å². The zero-order chi connectivity index (χ0) is 17.2. The Balaban J connectivity index is 1.70. The van der Waals surface area contributed by atoms with Gasteiger partial charge >= 0.3 is 0 Å². The van der Waals surface area contributed by atoms with Gasteiger partial charge in [-0.2, -0.15) is 0 Å². The lowest BCUT2D eigenvalue weighted by Gasteiger charge is -2.15. The summed E-state index contributed by atoms with van der Waals surface area (Å²) in [6.07, 6.45) is 4.39. The predicted octanol–water partition coefficient (Wildman–Crippen LogP) is 4.25. The standard InChI is InChI=1S/C21H29NO2/c1-17(22-15-7-10-18-8-5-4-6-9-18)11-12-19-13-14-20(23-2)16-21(19)24-3/h4-6,8-9,13-14,16-17,22H,7,10-12,15H2,1-3H3/t17-/m0/s1. The van der Waals surface area contributed by atoms with Crippen molar-refractivity contribution in [3.05, 3.63) is 59.7 Å². The van der Waals surface area contributed by atoms with Gasteiger partial charge in [0.05, 0.1) is 14.2 Å². The molecule has 130 valence electrons. The third-order valence-corrected chi connectivity index (χ3v) is 4.32. The number of rotatable bonds is 10.